The summed E-state index contributed by atoms with van der Waals surface area (Å²) in [6.07, 6.45) is -0.218. The number of benzene rings is 1. The minimum absolute atomic E-state index is 0.119. The molecule has 3 unspecified atom stereocenters. The predicted molar refractivity (Wildman–Crippen MR) is 120 cm³/mol. The van der Waals surface area contributed by atoms with E-state index < -0.39 is 34.2 Å². The number of nitrogens with one attached hydrogen (secondary N) is 2. The SMILES string of the molecule is CC(C)(C)c1cc(C(=N)C(N)=O)cc2c1OCC2C(O)N1CCOC(CNS(C)(=O)=O)C1. The summed E-state index contributed by atoms with van der Waals surface area (Å²) in [6.45, 7) is 7.57. The van der Waals surface area contributed by atoms with Gasteiger partial charge >= 0.3 is 0 Å². The van der Waals surface area contributed by atoms with Crippen LogP contribution < -0.4 is 15.2 Å². The third kappa shape index (κ3) is 5.46. The normalized spacial score (nSPS) is 22.8. The Balaban J connectivity index is 1.88. The van der Waals surface area contributed by atoms with Gasteiger partial charge in [0.15, 0.2) is 0 Å². The van der Waals surface area contributed by atoms with Crippen LogP contribution in [0.2, 0.25) is 0 Å². The number of fused-ring (bicyclic) bond motifs is 1. The fraction of sp³-hybridized carbons (Fsp3) is 0.619. The Morgan fingerprint density at radius 3 is 2.69 bits per heavy atom. The van der Waals surface area contributed by atoms with Crippen molar-refractivity contribution in [1.82, 2.24) is 9.62 Å². The zero-order valence-electron chi connectivity index (χ0n) is 18.8. The summed E-state index contributed by atoms with van der Waals surface area (Å²) in [5, 5.41) is 19.3. The summed E-state index contributed by atoms with van der Waals surface area (Å²) >= 11 is 0. The Bertz CT molecular complexity index is 1000. The first-order valence-electron chi connectivity index (χ1n) is 10.5. The van der Waals surface area contributed by atoms with Crippen LogP contribution in [0.5, 0.6) is 5.75 Å². The smallest absolute Gasteiger partial charge is 0.267 e. The van der Waals surface area contributed by atoms with E-state index in [-0.39, 0.29) is 24.3 Å². The zero-order valence-corrected chi connectivity index (χ0v) is 19.7. The van der Waals surface area contributed by atoms with E-state index in [0.717, 1.165) is 17.4 Å². The van der Waals surface area contributed by atoms with Crippen molar-refractivity contribution in [2.24, 2.45) is 5.73 Å². The van der Waals surface area contributed by atoms with Crippen molar-refractivity contribution in [2.45, 2.75) is 44.4 Å². The quantitative estimate of drug-likeness (QED) is 0.407. The molecule has 3 atom stereocenters. The van der Waals surface area contributed by atoms with E-state index in [9.17, 15) is 18.3 Å². The molecule has 32 heavy (non-hydrogen) atoms. The summed E-state index contributed by atoms with van der Waals surface area (Å²) in [5.74, 6) is -0.574. The molecule has 2 aliphatic heterocycles. The molecule has 2 aliphatic rings. The van der Waals surface area contributed by atoms with Crippen LogP contribution in [0.4, 0.5) is 0 Å². The highest BCUT2D eigenvalue weighted by Crippen LogP contribution is 2.44. The lowest BCUT2D eigenvalue weighted by Gasteiger charge is -2.37. The molecule has 1 fully saturated rings. The Morgan fingerprint density at radius 2 is 2.09 bits per heavy atom. The molecule has 3 rings (SSSR count). The maximum atomic E-state index is 11.6. The molecule has 1 amide bonds. The average molecular weight is 469 g/mol. The lowest BCUT2D eigenvalue weighted by Crippen LogP contribution is -2.52. The van der Waals surface area contributed by atoms with Crippen molar-refractivity contribution in [1.29, 1.82) is 5.41 Å². The van der Waals surface area contributed by atoms with Crippen molar-refractivity contribution in [3.63, 3.8) is 0 Å². The average Bonchev–Trinajstić information content (AvgIpc) is 3.13. The molecular weight excluding hydrogens is 436 g/mol. The van der Waals surface area contributed by atoms with E-state index in [1.165, 1.54) is 0 Å². The standard InChI is InChI=1S/C21H32N4O6S/c1-21(2,3)16-8-12(17(22)19(23)26)7-14-15(11-31-18(14)16)20(27)25-5-6-30-13(10-25)9-24-32(4,28)29/h7-8,13,15,20,22,24,27H,5-6,9-11H2,1-4H3,(H2,23,26). The number of rotatable bonds is 7. The van der Waals surface area contributed by atoms with Gasteiger partial charge in [-0.1, -0.05) is 20.8 Å². The molecule has 178 valence electrons. The number of nitrogens with zero attached hydrogens (tertiary/aromatic N) is 1. The fourth-order valence-electron chi connectivity index (χ4n) is 4.05. The van der Waals surface area contributed by atoms with E-state index >= 15 is 0 Å². The van der Waals surface area contributed by atoms with E-state index in [0.29, 0.717) is 31.0 Å². The van der Waals surface area contributed by atoms with Gasteiger partial charge in [-0.25, -0.2) is 13.1 Å². The molecule has 1 saturated heterocycles. The van der Waals surface area contributed by atoms with Gasteiger partial charge in [-0.05, 0) is 17.5 Å². The number of ether oxygens (including phenoxy) is 2. The lowest BCUT2D eigenvalue weighted by atomic mass is 9.82. The number of aliphatic hydroxyl groups excluding tert-OH is 1. The number of morpholine rings is 1. The summed E-state index contributed by atoms with van der Waals surface area (Å²) in [4.78, 5) is 13.5. The van der Waals surface area contributed by atoms with E-state index in [4.69, 9.17) is 20.6 Å². The third-order valence-electron chi connectivity index (χ3n) is 5.74. The van der Waals surface area contributed by atoms with Gasteiger partial charge in [-0.2, -0.15) is 0 Å². The molecule has 11 heteroatoms. The summed E-state index contributed by atoms with van der Waals surface area (Å²) in [5.41, 5.74) is 6.68. The Kier molecular flexibility index (Phi) is 6.97. The second-order valence-electron chi connectivity index (χ2n) is 9.37. The Labute approximate surface area is 188 Å². The van der Waals surface area contributed by atoms with Crippen molar-refractivity contribution in [3.8, 4) is 5.75 Å². The number of carbonyl (C=O) groups excluding carboxylic acids is 1. The first kappa shape index (κ1) is 24.6. The van der Waals surface area contributed by atoms with Crippen LogP contribution in [0.25, 0.3) is 0 Å². The number of amides is 1. The number of hydrogen-bond acceptors (Lipinski definition) is 8. The van der Waals surface area contributed by atoms with Crippen LogP contribution in [0.15, 0.2) is 12.1 Å². The van der Waals surface area contributed by atoms with Crippen LogP contribution in [-0.2, 0) is 25.0 Å². The summed E-state index contributed by atoms with van der Waals surface area (Å²) in [7, 11) is -3.34. The van der Waals surface area contributed by atoms with Crippen LogP contribution in [0.3, 0.4) is 0 Å². The fourth-order valence-corrected chi connectivity index (χ4v) is 4.53. The van der Waals surface area contributed by atoms with Crippen molar-refractivity contribution in [2.75, 3.05) is 39.1 Å². The lowest BCUT2D eigenvalue weighted by molar-refractivity contribution is -0.112. The van der Waals surface area contributed by atoms with Gasteiger partial charge in [0.1, 0.15) is 17.7 Å². The van der Waals surface area contributed by atoms with Gasteiger partial charge in [0.25, 0.3) is 5.91 Å². The first-order chi connectivity index (χ1) is 14.8. The van der Waals surface area contributed by atoms with Crippen molar-refractivity contribution in [3.05, 3.63) is 28.8 Å². The second-order valence-corrected chi connectivity index (χ2v) is 11.2. The third-order valence-corrected chi connectivity index (χ3v) is 6.44. The molecule has 1 aromatic carbocycles. The minimum atomic E-state index is -3.34. The number of sulfonamides is 1. The number of primary amides is 1. The van der Waals surface area contributed by atoms with Crippen LogP contribution in [0.1, 0.15) is 43.4 Å². The van der Waals surface area contributed by atoms with Gasteiger partial charge in [0.2, 0.25) is 10.0 Å². The zero-order chi connectivity index (χ0) is 23.8. The summed E-state index contributed by atoms with van der Waals surface area (Å²) < 4.78 is 36.8. The van der Waals surface area contributed by atoms with Gasteiger partial charge < -0.3 is 20.3 Å². The van der Waals surface area contributed by atoms with Gasteiger partial charge in [-0.15, -0.1) is 0 Å². The molecular formula is C21H32N4O6S. The Morgan fingerprint density at radius 1 is 1.41 bits per heavy atom. The first-order valence-corrected chi connectivity index (χ1v) is 12.4. The van der Waals surface area contributed by atoms with Crippen molar-refractivity contribution < 1.29 is 27.8 Å². The van der Waals surface area contributed by atoms with Gasteiger partial charge in [0, 0.05) is 36.3 Å². The second kappa shape index (κ2) is 9.06. The van der Waals surface area contributed by atoms with Gasteiger partial charge in [0.05, 0.1) is 31.5 Å². The maximum absolute atomic E-state index is 11.6. The number of aliphatic hydroxyl groups is 1. The maximum Gasteiger partial charge on any atom is 0.267 e. The highest BCUT2D eigenvalue weighted by Gasteiger charge is 2.39. The molecule has 5 N–H and O–H groups in total. The predicted octanol–water partition coefficient (Wildman–Crippen LogP) is -0.118. The van der Waals surface area contributed by atoms with Gasteiger partial charge in [-0.3, -0.25) is 15.1 Å². The number of nitrogens with two attached hydrogens (primary N) is 1. The van der Waals surface area contributed by atoms with Crippen molar-refractivity contribution >= 4 is 21.6 Å². The molecule has 2 heterocycles. The number of carbonyl (C=O) groups is 1. The van der Waals surface area contributed by atoms with Crippen LogP contribution in [0, 0.1) is 5.41 Å². The molecule has 0 aliphatic carbocycles. The topological polar surface area (TPSA) is 155 Å². The van der Waals surface area contributed by atoms with E-state index in [1.54, 1.807) is 12.1 Å². The van der Waals surface area contributed by atoms with E-state index in [1.807, 2.05) is 25.7 Å². The summed E-state index contributed by atoms with van der Waals surface area (Å²) in [6, 6.07) is 3.45. The Hall–Kier alpha value is -2.05. The molecule has 1 aromatic rings. The van der Waals surface area contributed by atoms with E-state index in [2.05, 4.69) is 4.72 Å². The van der Waals surface area contributed by atoms with Crippen LogP contribution >= 0.6 is 0 Å². The number of hydrogen-bond donors (Lipinski definition) is 4. The molecule has 0 aromatic heterocycles. The molecule has 10 nitrogen and oxygen atoms in total. The molecule has 0 saturated carbocycles. The minimum Gasteiger partial charge on any atom is -0.492 e. The molecule has 0 spiro atoms. The molecule has 0 bridgehead atoms. The highest BCUT2D eigenvalue weighted by molar-refractivity contribution is 7.88. The highest BCUT2D eigenvalue weighted by atomic mass is 32.2. The monoisotopic (exact) mass is 468 g/mol. The van der Waals surface area contributed by atoms with Crippen LogP contribution in [-0.4, -0.2) is 81.5 Å². The molecule has 0 radical (unpaired) electrons. The largest absolute Gasteiger partial charge is 0.492 e.